The molecule has 0 spiro atoms. The highest BCUT2D eigenvalue weighted by Crippen LogP contribution is 2.17. The lowest BCUT2D eigenvalue weighted by molar-refractivity contribution is 0.318. The summed E-state index contributed by atoms with van der Waals surface area (Å²) in [6.07, 6.45) is 0. The molecule has 12 heavy (non-hydrogen) atoms. The van der Waals surface area contributed by atoms with Crippen LogP contribution in [0.2, 0.25) is 0 Å². The molecule has 4 heteroatoms. The van der Waals surface area contributed by atoms with Crippen molar-refractivity contribution >= 4 is 21.8 Å². The molecular weight excluding hydrogens is 220 g/mol. The molecule has 3 N–H and O–H groups in total. The molecule has 0 radical (unpaired) electrons. The molecule has 0 aliphatic rings. The number of nitrogens with two attached hydrogens (primary N) is 1. The van der Waals surface area contributed by atoms with Crippen molar-refractivity contribution in [3.05, 3.63) is 33.8 Å². The summed E-state index contributed by atoms with van der Waals surface area (Å²) in [6, 6.07) is 5.65. The van der Waals surface area contributed by atoms with Crippen molar-refractivity contribution in [1.82, 2.24) is 0 Å². The van der Waals surface area contributed by atoms with Crippen LogP contribution in [0.1, 0.15) is 11.1 Å². The number of nitrogens with zero attached hydrogens (tertiary/aromatic N) is 1. The summed E-state index contributed by atoms with van der Waals surface area (Å²) in [5, 5.41) is 11.4. The van der Waals surface area contributed by atoms with Gasteiger partial charge in [0.05, 0.1) is 0 Å². The summed E-state index contributed by atoms with van der Waals surface area (Å²) in [6.45, 7) is 1.95. The molecule has 0 aliphatic carbocycles. The second-order valence-electron chi connectivity index (χ2n) is 2.47. The first-order chi connectivity index (χ1) is 5.65. The maximum absolute atomic E-state index is 8.45. The monoisotopic (exact) mass is 228 g/mol. The lowest BCUT2D eigenvalue weighted by Crippen LogP contribution is -2.13. The summed E-state index contributed by atoms with van der Waals surface area (Å²) >= 11 is 3.30. The Labute approximate surface area is 79.0 Å². The highest BCUT2D eigenvalue weighted by atomic mass is 79.9. The molecule has 0 heterocycles. The van der Waals surface area contributed by atoms with Crippen LogP contribution in [-0.4, -0.2) is 11.0 Å². The third-order valence-electron chi connectivity index (χ3n) is 1.51. The molecular formula is C8H9BrN2O. The van der Waals surface area contributed by atoms with Gasteiger partial charge in [-0.3, -0.25) is 0 Å². The van der Waals surface area contributed by atoms with E-state index < -0.39 is 0 Å². The Kier molecular flexibility index (Phi) is 2.70. The Morgan fingerprint density at radius 1 is 1.58 bits per heavy atom. The van der Waals surface area contributed by atoms with E-state index >= 15 is 0 Å². The van der Waals surface area contributed by atoms with E-state index in [9.17, 15) is 0 Å². The van der Waals surface area contributed by atoms with Gasteiger partial charge in [0.25, 0.3) is 0 Å². The number of hydrogen-bond acceptors (Lipinski definition) is 2. The summed E-state index contributed by atoms with van der Waals surface area (Å²) in [7, 11) is 0. The second-order valence-corrected chi connectivity index (χ2v) is 3.32. The maximum Gasteiger partial charge on any atom is 0.171 e. The quantitative estimate of drug-likeness (QED) is 0.334. The molecule has 0 aliphatic heterocycles. The SMILES string of the molecule is Cc1ccc(Br)c(C(N)=NO)c1. The van der Waals surface area contributed by atoms with E-state index in [0.29, 0.717) is 5.56 Å². The lowest BCUT2D eigenvalue weighted by Gasteiger charge is -2.02. The highest BCUT2D eigenvalue weighted by molar-refractivity contribution is 9.10. The zero-order valence-corrected chi connectivity index (χ0v) is 8.17. The summed E-state index contributed by atoms with van der Waals surface area (Å²) < 4.78 is 0.823. The Hall–Kier alpha value is -1.03. The Bertz CT molecular complexity index is 323. The molecule has 0 bridgehead atoms. The fraction of sp³-hybridized carbons (Fsp3) is 0.125. The smallest absolute Gasteiger partial charge is 0.171 e. The van der Waals surface area contributed by atoms with Gasteiger partial charge < -0.3 is 10.9 Å². The normalized spacial score (nSPS) is 11.7. The van der Waals surface area contributed by atoms with E-state index in [1.807, 2.05) is 25.1 Å². The molecule has 0 saturated carbocycles. The van der Waals surface area contributed by atoms with Gasteiger partial charge in [0, 0.05) is 10.0 Å². The van der Waals surface area contributed by atoms with E-state index in [2.05, 4.69) is 21.1 Å². The summed E-state index contributed by atoms with van der Waals surface area (Å²) in [5.74, 6) is 0.116. The predicted octanol–water partition coefficient (Wildman–Crippen LogP) is 1.85. The zero-order valence-electron chi connectivity index (χ0n) is 6.58. The van der Waals surface area contributed by atoms with Crippen molar-refractivity contribution in [3.63, 3.8) is 0 Å². The number of benzene rings is 1. The van der Waals surface area contributed by atoms with E-state index in [4.69, 9.17) is 10.9 Å². The van der Waals surface area contributed by atoms with Crippen molar-refractivity contribution in [3.8, 4) is 0 Å². The van der Waals surface area contributed by atoms with Crippen LogP contribution in [0.4, 0.5) is 0 Å². The van der Waals surface area contributed by atoms with Crippen LogP contribution in [0.15, 0.2) is 27.8 Å². The molecule has 0 unspecified atom stereocenters. The largest absolute Gasteiger partial charge is 0.409 e. The van der Waals surface area contributed by atoms with Gasteiger partial charge in [0.2, 0.25) is 0 Å². The van der Waals surface area contributed by atoms with Crippen LogP contribution in [0.5, 0.6) is 0 Å². The van der Waals surface area contributed by atoms with Crippen LogP contribution >= 0.6 is 15.9 Å². The van der Waals surface area contributed by atoms with Gasteiger partial charge in [0.15, 0.2) is 5.84 Å². The number of rotatable bonds is 1. The Balaban J connectivity index is 3.23. The number of oxime groups is 1. The van der Waals surface area contributed by atoms with Crippen LogP contribution in [0.25, 0.3) is 0 Å². The van der Waals surface area contributed by atoms with Gasteiger partial charge in [0.1, 0.15) is 0 Å². The average molecular weight is 229 g/mol. The van der Waals surface area contributed by atoms with Gasteiger partial charge in [-0.05, 0) is 19.1 Å². The number of aryl methyl sites for hydroxylation is 1. The Morgan fingerprint density at radius 3 is 2.83 bits per heavy atom. The number of amidine groups is 1. The van der Waals surface area contributed by atoms with Crippen molar-refractivity contribution in [2.75, 3.05) is 0 Å². The highest BCUT2D eigenvalue weighted by Gasteiger charge is 2.03. The van der Waals surface area contributed by atoms with Crippen molar-refractivity contribution in [1.29, 1.82) is 0 Å². The zero-order chi connectivity index (χ0) is 9.14. The van der Waals surface area contributed by atoms with Crippen molar-refractivity contribution in [2.24, 2.45) is 10.9 Å². The first-order valence-corrected chi connectivity index (χ1v) is 4.18. The minimum absolute atomic E-state index is 0.116. The standard InChI is InChI=1S/C8H9BrN2O/c1-5-2-3-7(9)6(4-5)8(10)11-12/h2-4,12H,1H3,(H2,10,11). The van der Waals surface area contributed by atoms with E-state index in [-0.39, 0.29) is 5.84 Å². The molecule has 1 aromatic carbocycles. The van der Waals surface area contributed by atoms with Crippen molar-refractivity contribution < 1.29 is 5.21 Å². The van der Waals surface area contributed by atoms with Crippen LogP contribution in [0.3, 0.4) is 0 Å². The van der Waals surface area contributed by atoms with E-state index in [1.165, 1.54) is 0 Å². The maximum atomic E-state index is 8.45. The third kappa shape index (κ3) is 1.76. The minimum atomic E-state index is 0.116. The first kappa shape index (κ1) is 9.06. The minimum Gasteiger partial charge on any atom is -0.409 e. The van der Waals surface area contributed by atoms with E-state index in [0.717, 1.165) is 10.0 Å². The molecule has 0 aromatic heterocycles. The van der Waals surface area contributed by atoms with Gasteiger partial charge in [-0.25, -0.2) is 0 Å². The summed E-state index contributed by atoms with van der Waals surface area (Å²) in [4.78, 5) is 0. The second kappa shape index (κ2) is 3.58. The lowest BCUT2D eigenvalue weighted by atomic mass is 10.1. The molecule has 0 fully saturated rings. The molecule has 3 nitrogen and oxygen atoms in total. The van der Waals surface area contributed by atoms with Crippen molar-refractivity contribution in [2.45, 2.75) is 6.92 Å². The predicted molar refractivity (Wildman–Crippen MR) is 51.4 cm³/mol. The van der Waals surface area contributed by atoms with Crippen LogP contribution < -0.4 is 5.73 Å². The fourth-order valence-corrected chi connectivity index (χ4v) is 1.34. The van der Waals surface area contributed by atoms with Gasteiger partial charge in [-0.1, -0.05) is 32.7 Å². The number of hydrogen-bond donors (Lipinski definition) is 2. The van der Waals surface area contributed by atoms with Crippen LogP contribution in [0, 0.1) is 6.92 Å². The molecule has 0 amide bonds. The third-order valence-corrected chi connectivity index (χ3v) is 2.20. The van der Waals surface area contributed by atoms with Crippen LogP contribution in [-0.2, 0) is 0 Å². The molecule has 64 valence electrons. The average Bonchev–Trinajstić information content (AvgIpc) is 2.08. The molecule has 0 saturated heterocycles. The first-order valence-electron chi connectivity index (χ1n) is 3.39. The van der Waals surface area contributed by atoms with Gasteiger partial charge >= 0.3 is 0 Å². The molecule has 0 atom stereocenters. The topological polar surface area (TPSA) is 58.6 Å². The summed E-state index contributed by atoms with van der Waals surface area (Å²) in [5.41, 5.74) is 7.21. The van der Waals surface area contributed by atoms with Gasteiger partial charge in [-0.2, -0.15) is 0 Å². The number of halogens is 1. The fourth-order valence-electron chi connectivity index (χ4n) is 0.889. The molecule has 1 rings (SSSR count). The molecule has 1 aromatic rings. The van der Waals surface area contributed by atoms with Gasteiger partial charge in [-0.15, -0.1) is 0 Å². The Morgan fingerprint density at radius 2 is 2.25 bits per heavy atom. The van der Waals surface area contributed by atoms with E-state index in [1.54, 1.807) is 0 Å².